The molecule has 2 aromatic heterocycles. The molecule has 4 aliphatic carbocycles. The number of allylic oxidation sites excluding steroid dienone is 8. The highest BCUT2D eigenvalue weighted by Gasteiger charge is 2.52. The summed E-state index contributed by atoms with van der Waals surface area (Å²) in [5.41, 5.74) is 25.4. The highest BCUT2D eigenvalue weighted by Crippen LogP contribution is 2.63. The van der Waals surface area contributed by atoms with Crippen molar-refractivity contribution in [3.8, 4) is 39.1 Å². The maximum atomic E-state index is 3.97. The number of rotatable bonds is 5. The molecule has 70 heavy (non-hydrogen) atoms. The molecule has 9 aromatic carbocycles. The summed E-state index contributed by atoms with van der Waals surface area (Å²) in [7, 11) is 0. The van der Waals surface area contributed by atoms with Crippen LogP contribution in [0.4, 0.5) is 0 Å². The third kappa shape index (κ3) is 5.62. The Bertz CT molecular complexity index is 4100. The fourth-order valence-electron chi connectivity index (χ4n) is 13.1. The predicted molar refractivity (Wildman–Crippen MR) is 293 cm³/mol. The van der Waals surface area contributed by atoms with Crippen LogP contribution < -0.4 is 0 Å². The van der Waals surface area contributed by atoms with Crippen LogP contribution in [0.25, 0.3) is 88.3 Å². The minimum atomic E-state index is -0.367. The number of aromatic nitrogens is 2. The van der Waals surface area contributed by atoms with Crippen molar-refractivity contribution in [3.63, 3.8) is 0 Å². The largest absolute Gasteiger partial charge is 0.354 e. The Morgan fingerprint density at radius 3 is 1.99 bits per heavy atom. The normalized spacial score (nSPS) is 17.4. The van der Waals surface area contributed by atoms with E-state index in [1.807, 2.05) is 0 Å². The fraction of sp³-hybridized carbons (Fsp3) is 0.0882. The molecule has 330 valence electrons. The first-order valence-electron chi connectivity index (χ1n) is 25.0. The van der Waals surface area contributed by atoms with Crippen molar-refractivity contribution in [2.75, 3.05) is 0 Å². The van der Waals surface area contributed by atoms with E-state index in [1.54, 1.807) is 0 Å². The first-order chi connectivity index (χ1) is 34.6. The summed E-state index contributed by atoms with van der Waals surface area (Å²) < 4.78 is 2.46. The van der Waals surface area contributed by atoms with E-state index in [9.17, 15) is 0 Å². The molecule has 0 amide bonds. The van der Waals surface area contributed by atoms with E-state index in [1.165, 1.54) is 127 Å². The summed E-state index contributed by atoms with van der Waals surface area (Å²) in [4.78, 5) is 3.97. The monoisotopic (exact) mass is 892 g/mol. The Hall–Kier alpha value is -8.46. The van der Waals surface area contributed by atoms with E-state index in [0.717, 1.165) is 18.4 Å². The number of hydrogen-bond donors (Lipinski definition) is 1. The molecule has 0 aliphatic heterocycles. The Balaban J connectivity index is 0.843. The first-order valence-corrected chi connectivity index (χ1v) is 25.0. The number of hydrogen-bond acceptors (Lipinski definition) is 0. The lowest BCUT2D eigenvalue weighted by Crippen LogP contribution is -2.25. The standard InChI is InChI=1S/C68H48N2/c1-42-26-28-44(29-27-42)49-36-48(43-14-3-2-4-15-43)37-50(38-49)45-16-13-17-51(39-45)70-64-25-12-8-20-54(64)58-41-47(31-35-65(58)70)46-30-34-63-57(40-46)55-32-33-62-66(67(55)69-63)56-21-7-11-24-61(56)68(62)59-22-9-5-18-52(59)53-19-6-10-23-60(53)68/h2-26,28-35,37-42,48,69H,27,36H2,1H3. The van der Waals surface area contributed by atoms with Gasteiger partial charge in [-0.05, 0) is 139 Å². The van der Waals surface area contributed by atoms with Crippen molar-refractivity contribution >= 4 is 49.2 Å². The SMILES string of the molecule is CC1C=CC(C2=CC(c3cccc(-n4c5ccccc5c5cc(-c6ccc7[nH]c8c9c(ccc8c7c6)C6(c7ccccc7-c7ccccc76)c6ccccc6-9)ccc54)c3)=CC(c3ccccc3)C2)=CC1. The first kappa shape index (κ1) is 39.5. The van der Waals surface area contributed by atoms with Gasteiger partial charge in [0.15, 0.2) is 0 Å². The molecule has 11 aromatic rings. The van der Waals surface area contributed by atoms with Crippen molar-refractivity contribution in [3.05, 3.63) is 275 Å². The van der Waals surface area contributed by atoms with E-state index in [4.69, 9.17) is 0 Å². The average Bonchev–Trinajstić information content (AvgIpc) is 4.15. The van der Waals surface area contributed by atoms with Crippen LogP contribution in [0.5, 0.6) is 0 Å². The zero-order valence-corrected chi connectivity index (χ0v) is 39.0. The van der Waals surface area contributed by atoms with Gasteiger partial charge in [0.25, 0.3) is 0 Å². The van der Waals surface area contributed by atoms with E-state index < -0.39 is 0 Å². The van der Waals surface area contributed by atoms with Crippen LogP contribution >= 0.6 is 0 Å². The number of para-hydroxylation sites is 1. The third-order valence-corrected chi connectivity index (χ3v) is 16.2. The second-order valence-corrected chi connectivity index (χ2v) is 20.1. The molecule has 2 heteroatoms. The average molecular weight is 893 g/mol. The lowest BCUT2D eigenvalue weighted by molar-refractivity contribution is 0.727. The van der Waals surface area contributed by atoms with Gasteiger partial charge in [-0.15, -0.1) is 0 Å². The molecule has 2 nitrogen and oxygen atoms in total. The van der Waals surface area contributed by atoms with Crippen molar-refractivity contribution in [2.24, 2.45) is 5.92 Å². The van der Waals surface area contributed by atoms with Gasteiger partial charge >= 0.3 is 0 Å². The van der Waals surface area contributed by atoms with Crippen molar-refractivity contribution in [1.29, 1.82) is 0 Å². The molecular weight excluding hydrogens is 845 g/mol. The summed E-state index contributed by atoms with van der Waals surface area (Å²) in [6, 6.07) is 75.2. The van der Waals surface area contributed by atoms with Crippen LogP contribution in [-0.4, -0.2) is 9.55 Å². The van der Waals surface area contributed by atoms with Gasteiger partial charge < -0.3 is 9.55 Å². The summed E-state index contributed by atoms with van der Waals surface area (Å²) >= 11 is 0. The lowest BCUT2D eigenvalue weighted by Gasteiger charge is -2.30. The quantitative estimate of drug-likeness (QED) is 0.178. The number of nitrogens with zero attached hydrogens (tertiary/aromatic N) is 1. The number of aromatic amines is 1. The fourth-order valence-corrected chi connectivity index (χ4v) is 13.1. The van der Waals surface area contributed by atoms with Gasteiger partial charge in [-0.3, -0.25) is 0 Å². The Labute approximate surface area is 407 Å². The van der Waals surface area contributed by atoms with Gasteiger partial charge in [0.05, 0.1) is 22.0 Å². The van der Waals surface area contributed by atoms with Gasteiger partial charge in [0.2, 0.25) is 0 Å². The zero-order valence-electron chi connectivity index (χ0n) is 39.0. The molecule has 1 spiro atoms. The Morgan fingerprint density at radius 2 is 1.20 bits per heavy atom. The van der Waals surface area contributed by atoms with E-state index in [2.05, 4.69) is 247 Å². The van der Waals surface area contributed by atoms with Crippen molar-refractivity contribution < 1.29 is 0 Å². The second-order valence-electron chi connectivity index (χ2n) is 20.1. The minimum absolute atomic E-state index is 0.307. The number of fused-ring (bicyclic) bond motifs is 17. The molecule has 0 fully saturated rings. The maximum Gasteiger partial charge on any atom is 0.0726 e. The molecule has 2 unspecified atom stereocenters. The van der Waals surface area contributed by atoms with Gasteiger partial charge in [-0.2, -0.15) is 0 Å². The zero-order chi connectivity index (χ0) is 46.1. The molecule has 4 aliphatic rings. The van der Waals surface area contributed by atoms with Crippen LogP contribution in [0.1, 0.15) is 59.1 Å². The van der Waals surface area contributed by atoms with E-state index >= 15 is 0 Å². The van der Waals surface area contributed by atoms with Gasteiger partial charge in [-0.1, -0.05) is 195 Å². The molecule has 2 heterocycles. The molecule has 0 radical (unpaired) electrons. The van der Waals surface area contributed by atoms with Gasteiger partial charge in [0.1, 0.15) is 0 Å². The smallest absolute Gasteiger partial charge is 0.0726 e. The highest BCUT2D eigenvalue weighted by molar-refractivity contribution is 6.16. The van der Waals surface area contributed by atoms with Crippen LogP contribution in [0.2, 0.25) is 0 Å². The van der Waals surface area contributed by atoms with Gasteiger partial charge in [0, 0.05) is 44.2 Å². The number of H-pyrrole nitrogens is 1. The molecular formula is C68H48N2. The van der Waals surface area contributed by atoms with Crippen LogP contribution in [0.15, 0.2) is 242 Å². The molecule has 0 saturated carbocycles. The molecule has 0 saturated heterocycles. The topological polar surface area (TPSA) is 20.7 Å². The van der Waals surface area contributed by atoms with E-state index in [0.29, 0.717) is 11.8 Å². The molecule has 2 atom stereocenters. The second kappa shape index (κ2) is 15.0. The molecule has 1 N–H and O–H groups in total. The lowest BCUT2D eigenvalue weighted by atomic mass is 9.70. The summed E-state index contributed by atoms with van der Waals surface area (Å²) in [5, 5.41) is 5.01. The minimum Gasteiger partial charge on any atom is -0.354 e. The highest BCUT2D eigenvalue weighted by atomic mass is 15.0. The number of benzene rings is 9. The van der Waals surface area contributed by atoms with Gasteiger partial charge in [-0.25, -0.2) is 0 Å². The van der Waals surface area contributed by atoms with E-state index in [-0.39, 0.29) is 5.41 Å². The molecule has 15 rings (SSSR count). The van der Waals surface area contributed by atoms with Crippen molar-refractivity contribution in [2.45, 2.75) is 31.1 Å². The number of nitrogens with one attached hydrogen (secondary N) is 1. The van der Waals surface area contributed by atoms with Crippen LogP contribution in [0.3, 0.4) is 0 Å². The summed E-state index contributed by atoms with van der Waals surface area (Å²) in [5.74, 6) is 0.890. The van der Waals surface area contributed by atoms with Crippen LogP contribution in [0, 0.1) is 5.92 Å². The third-order valence-electron chi connectivity index (χ3n) is 16.2. The predicted octanol–water partition coefficient (Wildman–Crippen LogP) is 17.4. The Morgan fingerprint density at radius 1 is 0.514 bits per heavy atom. The van der Waals surface area contributed by atoms with Crippen LogP contribution in [-0.2, 0) is 5.41 Å². The van der Waals surface area contributed by atoms with Crippen molar-refractivity contribution in [1.82, 2.24) is 9.55 Å². The molecule has 0 bridgehead atoms. The Kier molecular flexibility index (Phi) is 8.48. The summed E-state index contributed by atoms with van der Waals surface area (Å²) in [6.07, 6.45) is 14.2. The maximum absolute atomic E-state index is 3.97. The summed E-state index contributed by atoms with van der Waals surface area (Å²) in [6.45, 7) is 2.30.